The van der Waals surface area contributed by atoms with Gasteiger partial charge in [-0.1, -0.05) is 69.3 Å². The summed E-state index contributed by atoms with van der Waals surface area (Å²) < 4.78 is 13.6. The first kappa shape index (κ1) is 33.0. The molecule has 3 aromatic heterocycles. The van der Waals surface area contributed by atoms with E-state index in [1.807, 2.05) is 54.6 Å². The number of hydrogen-bond donors (Lipinski definition) is 1. The fraction of sp³-hybridized carbons (Fsp3) is 0.282. The molecule has 8 nitrogen and oxygen atoms in total. The highest BCUT2D eigenvalue weighted by Gasteiger charge is 2.33. The molecule has 0 saturated carbocycles. The number of hydrogen-bond acceptors (Lipinski definition) is 7. The minimum absolute atomic E-state index is 0.117. The van der Waals surface area contributed by atoms with Gasteiger partial charge in [0.1, 0.15) is 12.4 Å². The number of carboxylic acids is 1. The molecule has 0 amide bonds. The van der Waals surface area contributed by atoms with Gasteiger partial charge in [0.25, 0.3) is 0 Å². The quantitative estimate of drug-likeness (QED) is 0.138. The van der Waals surface area contributed by atoms with Crippen LogP contribution >= 0.6 is 11.8 Å². The number of methoxy groups -OCH3 is 1. The van der Waals surface area contributed by atoms with Crippen LogP contribution in [-0.2, 0) is 24.4 Å². The fourth-order valence-corrected chi connectivity index (χ4v) is 6.79. The maximum Gasteiger partial charge on any atom is 0.309 e. The van der Waals surface area contributed by atoms with Crippen LogP contribution < -0.4 is 9.47 Å². The van der Waals surface area contributed by atoms with Crippen molar-refractivity contribution in [3.8, 4) is 22.9 Å². The number of pyridine rings is 1. The Morgan fingerprint density at radius 2 is 1.67 bits per heavy atom. The van der Waals surface area contributed by atoms with Crippen molar-refractivity contribution in [3.05, 3.63) is 108 Å². The average molecular weight is 661 g/mol. The first-order valence-corrected chi connectivity index (χ1v) is 16.7. The van der Waals surface area contributed by atoms with Crippen LogP contribution in [0.4, 0.5) is 0 Å². The van der Waals surface area contributed by atoms with Gasteiger partial charge in [-0.2, -0.15) is 0 Å². The van der Waals surface area contributed by atoms with Crippen LogP contribution in [0.2, 0.25) is 0 Å². The van der Waals surface area contributed by atoms with E-state index < -0.39 is 11.4 Å². The number of aromatic nitrogens is 4. The molecule has 0 spiro atoms. The zero-order valence-corrected chi connectivity index (χ0v) is 29.0. The summed E-state index contributed by atoms with van der Waals surface area (Å²) in [6.07, 6.45) is 0.367. The van der Waals surface area contributed by atoms with Crippen LogP contribution in [-0.4, -0.2) is 42.7 Å². The molecule has 6 rings (SSSR count). The van der Waals surface area contributed by atoms with Crippen molar-refractivity contribution in [1.82, 2.24) is 19.7 Å². The summed E-state index contributed by atoms with van der Waals surface area (Å²) in [4.78, 5) is 18.3. The molecule has 48 heavy (non-hydrogen) atoms. The predicted molar refractivity (Wildman–Crippen MR) is 192 cm³/mol. The van der Waals surface area contributed by atoms with E-state index in [-0.39, 0.29) is 4.75 Å². The Kier molecular flexibility index (Phi) is 9.16. The van der Waals surface area contributed by atoms with Crippen LogP contribution in [0.25, 0.3) is 33.1 Å². The third kappa shape index (κ3) is 7.31. The van der Waals surface area contributed by atoms with Gasteiger partial charge >= 0.3 is 5.97 Å². The van der Waals surface area contributed by atoms with Crippen molar-refractivity contribution >= 4 is 39.5 Å². The average Bonchev–Trinajstić information content (AvgIpc) is 3.33. The number of nitrogens with zero attached hydrogens (tertiary/aromatic N) is 4. The van der Waals surface area contributed by atoms with Crippen LogP contribution in [0.3, 0.4) is 0 Å². The normalized spacial score (nSPS) is 12.0. The number of carbonyl (C=O) groups is 1. The number of fused-ring (bicyclic) bond motifs is 2. The molecule has 0 aliphatic heterocycles. The minimum atomic E-state index is -0.975. The van der Waals surface area contributed by atoms with Crippen LogP contribution in [0.15, 0.2) is 95.9 Å². The summed E-state index contributed by atoms with van der Waals surface area (Å²) in [6.45, 7) is 11.0. The second kappa shape index (κ2) is 13.3. The third-order valence-electron chi connectivity index (χ3n) is 8.17. The second-order valence-corrected chi connectivity index (χ2v) is 15.4. The zero-order chi connectivity index (χ0) is 34.1. The Balaban J connectivity index is 1.38. The van der Waals surface area contributed by atoms with Crippen LogP contribution in [0.5, 0.6) is 11.6 Å². The minimum Gasteiger partial charge on any atom is -0.487 e. The highest BCUT2D eigenvalue weighted by Crippen LogP contribution is 2.44. The molecule has 1 N–H and O–H groups in total. The Hall–Kier alpha value is -4.89. The highest BCUT2D eigenvalue weighted by molar-refractivity contribution is 8.00. The Bertz CT molecular complexity index is 2080. The van der Waals surface area contributed by atoms with Gasteiger partial charge in [0.15, 0.2) is 0 Å². The van der Waals surface area contributed by atoms with E-state index in [4.69, 9.17) is 14.5 Å². The van der Waals surface area contributed by atoms with Crippen molar-refractivity contribution in [1.29, 1.82) is 0 Å². The summed E-state index contributed by atoms with van der Waals surface area (Å²) in [7, 11) is 1.57. The number of rotatable bonds is 11. The molecule has 0 radical (unpaired) electrons. The Labute approximate surface area is 285 Å². The van der Waals surface area contributed by atoms with Gasteiger partial charge < -0.3 is 19.1 Å². The number of aliphatic carboxylic acids is 1. The maximum absolute atomic E-state index is 12.4. The molecule has 0 aliphatic carbocycles. The van der Waals surface area contributed by atoms with E-state index in [9.17, 15) is 9.90 Å². The number of para-hydroxylation sites is 1. The molecule has 0 atom stereocenters. The molecule has 6 aromatic rings. The van der Waals surface area contributed by atoms with E-state index in [1.165, 1.54) is 0 Å². The summed E-state index contributed by atoms with van der Waals surface area (Å²) in [5, 5.41) is 20.7. The van der Waals surface area contributed by atoms with Gasteiger partial charge in [-0.25, -0.2) is 4.98 Å². The summed E-state index contributed by atoms with van der Waals surface area (Å²) in [6, 6.07) is 30.2. The number of ether oxygens (including phenoxy) is 2. The summed E-state index contributed by atoms with van der Waals surface area (Å²) in [5.74, 6) is 0.372. The monoisotopic (exact) mass is 660 g/mol. The standard InChI is InChI=1S/C39H40N4O4S/c1-38(2,3)48-36-30-21-29(47-24-28-16-15-26-9-7-8-10-31(26)40-28)17-19-33(30)43(34(36)22-39(4,5)37(44)45)23-25-11-13-27(14-12-25)32-18-20-35(46-6)42-41-32/h7-21H,22-24H2,1-6H3,(H,44,45). The lowest BCUT2D eigenvalue weighted by molar-refractivity contribution is -0.146. The van der Waals surface area contributed by atoms with Crippen molar-refractivity contribution < 1.29 is 19.4 Å². The molecule has 3 aromatic carbocycles. The van der Waals surface area contributed by atoms with Gasteiger partial charge in [-0.15, -0.1) is 22.0 Å². The van der Waals surface area contributed by atoms with Gasteiger partial charge in [0.2, 0.25) is 5.88 Å². The molecule has 0 bridgehead atoms. The van der Waals surface area contributed by atoms with E-state index in [0.29, 0.717) is 25.5 Å². The van der Waals surface area contributed by atoms with Gasteiger partial charge in [0, 0.05) is 56.2 Å². The molecule has 3 heterocycles. The molecule has 0 fully saturated rings. The fourth-order valence-electron chi connectivity index (χ4n) is 5.61. The zero-order valence-electron chi connectivity index (χ0n) is 28.2. The lowest BCUT2D eigenvalue weighted by Crippen LogP contribution is -2.28. The van der Waals surface area contributed by atoms with E-state index in [2.05, 4.69) is 65.9 Å². The lowest BCUT2D eigenvalue weighted by atomic mass is 9.88. The molecule has 0 aliphatic rings. The van der Waals surface area contributed by atoms with Crippen molar-refractivity contribution in [2.24, 2.45) is 5.41 Å². The van der Waals surface area contributed by atoms with Gasteiger partial charge in [-0.3, -0.25) is 4.79 Å². The number of benzene rings is 3. The van der Waals surface area contributed by atoms with Gasteiger partial charge in [-0.05, 0) is 55.8 Å². The first-order chi connectivity index (χ1) is 22.9. The van der Waals surface area contributed by atoms with Crippen LogP contribution in [0, 0.1) is 5.41 Å². The first-order valence-electron chi connectivity index (χ1n) is 15.9. The van der Waals surface area contributed by atoms with Crippen LogP contribution in [0.1, 0.15) is 51.6 Å². The van der Waals surface area contributed by atoms with Crippen molar-refractivity contribution in [2.45, 2.75) is 63.8 Å². The Morgan fingerprint density at radius 3 is 2.35 bits per heavy atom. The van der Waals surface area contributed by atoms with E-state index in [1.54, 1.807) is 38.8 Å². The highest BCUT2D eigenvalue weighted by atomic mass is 32.2. The smallest absolute Gasteiger partial charge is 0.309 e. The third-order valence-corrected chi connectivity index (χ3v) is 9.44. The second-order valence-electron chi connectivity index (χ2n) is 13.6. The molecular weight excluding hydrogens is 621 g/mol. The van der Waals surface area contributed by atoms with E-state index in [0.717, 1.165) is 60.7 Å². The number of carboxylic acid groups (broad SMARTS) is 1. The molecule has 0 saturated heterocycles. The molecule has 9 heteroatoms. The summed E-state index contributed by atoms with van der Waals surface area (Å²) in [5.41, 5.74) is 5.63. The maximum atomic E-state index is 12.4. The van der Waals surface area contributed by atoms with E-state index >= 15 is 0 Å². The number of thioether (sulfide) groups is 1. The Morgan fingerprint density at radius 1 is 0.896 bits per heavy atom. The SMILES string of the molecule is COc1ccc(-c2ccc(Cn3c(CC(C)(C)C(=O)O)c(SC(C)(C)C)c4cc(OCc5ccc6ccccc6n5)ccc43)cc2)nn1. The summed E-state index contributed by atoms with van der Waals surface area (Å²) >= 11 is 1.76. The molecular formula is C39H40N4O4S. The van der Waals surface area contributed by atoms with Crippen molar-refractivity contribution in [3.63, 3.8) is 0 Å². The predicted octanol–water partition coefficient (Wildman–Crippen LogP) is 8.83. The molecule has 0 unspecified atom stereocenters. The van der Waals surface area contributed by atoms with Crippen molar-refractivity contribution in [2.75, 3.05) is 7.11 Å². The topological polar surface area (TPSA) is 99.4 Å². The largest absolute Gasteiger partial charge is 0.487 e. The van der Waals surface area contributed by atoms with Gasteiger partial charge in [0.05, 0.1) is 29.4 Å². The molecule has 246 valence electrons. The lowest BCUT2D eigenvalue weighted by Gasteiger charge is -2.24.